The molecular weight excluding hydrogens is 215 g/mol. The summed E-state index contributed by atoms with van der Waals surface area (Å²) in [4.78, 5) is 0.00852. The third kappa shape index (κ3) is 3.02. The van der Waals surface area contributed by atoms with Gasteiger partial charge in [-0.3, -0.25) is 0 Å². The van der Waals surface area contributed by atoms with Gasteiger partial charge >= 0.3 is 5.51 Å². The standard InChI is InChI=1S/C8H8F3NOS/c1-13-6-4-5(12)2-3-7(6)14-8(9,10)11/h2-4H,12H2,1H3. The molecule has 1 aromatic rings. The van der Waals surface area contributed by atoms with Crippen molar-refractivity contribution in [1.82, 2.24) is 0 Å². The fourth-order valence-corrected chi connectivity index (χ4v) is 1.52. The van der Waals surface area contributed by atoms with Crippen LogP contribution in [-0.4, -0.2) is 12.6 Å². The van der Waals surface area contributed by atoms with Crippen molar-refractivity contribution in [1.29, 1.82) is 0 Å². The van der Waals surface area contributed by atoms with Crippen LogP contribution in [-0.2, 0) is 0 Å². The van der Waals surface area contributed by atoms with Crippen LogP contribution >= 0.6 is 11.8 Å². The molecule has 0 aromatic heterocycles. The van der Waals surface area contributed by atoms with Crippen molar-refractivity contribution in [2.45, 2.75) is 10.4 Å². The SMILES string of the molecule is COc1cc(N)ccc1SC(F)(F)F. The van der Waals surface area contributed by atoms with E-state index in [9.17, 15) is 13.2 Å². The molecule has 0 aliphatic heterocycles. The minimum absolute atomic E-state index is 0.00852. The third-order valence-electron chi connectivity index (χ3n) is 1.41. The molecule has 0 amide bonds. The molecule has 1 rings (SSSR count). The van der Waals surface area contributed by atoms with Crippen molar-refractivity contribution < 1.29 is 17.9 Å². The van der Waals surface area contributed by atoms with E-state index in [-0.39, 0.29) is 22.4 Å². The van der Waals surface area contributed by atoms with Crippen LogP contribution < -0.4 is 10.5 Å². The number of nitrogens with two attached hydrogens (primary N) is 1. The van der Waals surface area contributed by atoms with Crippen LogP contribution in [0, 0.1) is 0 Å². The van der Waals surface area contributed by atoms with Gasteiger partial charge in [0.05, 0.1) is 12.0 Å². The second kappa shape index (κ2) is 4.00. The molecule has 78 valence electrons. The zero-order chi connectivity index (χ0) is 10.8. The first kappa shape index (κ1) is 11.0. The van der Waals surface area contributed by atoms with E-state index in [1.54, 1.807) is 0 Å². The van der Waals surface area contributed by atoms with E-state index in [1.807, 2.05) is 0 Å². The number of hydrogen-bond donors (Lipinski definition) is 1. The molecule has 6 heteroatoms. The first-order chi connectivity index (χ1) is 6.42. The molecule has 0 aliphatic rings. The molecule has 0 atom stereocenters. The van der Waals surface area contributed by atoms with E-state index in [4.69, 9.17) is 10.5 Å². The largest absolute Gasteiger partial charge is 0.496 e. The number of thioether (sulfide) groups is 1. The van der Waals surface area contributed by atoms with Crippen molar-refractivity contribution in [3.8, 4) is 5.75 Å². The van der Waals surface area contributed by atoms with Gasteiger partial charge in [-0.2, -0.15) is 13.2 Å². The normalized spacial score (nSPS) is 11.4. The summed E-state index contributed by atoms with van der Waals surface area (Å²) in [7, 11) is 1.30. The Labute approximate surface area is 83.2 Å². The van der Waals surface area contributed by atoms with Gasteiger partial charge in [-0.15, -0.1) is 0 Å². The van der Waals surface area contributed by atoms with Gasteiger partial charge in [-0.05, 0) is 23.9 Å². The fourth-order valence-electron chi connectivity index (χ4n) is 0.893. The van der Waals surface area contributed by atoms with E-state index in [2.05, 4.69) is 0 Å². The summed E-state index contributed by atoms with van der Waals surface area (Å²) in [5.41, 5.74) is 1.45. The maximum Gasteiger partial charge on any atom is 0.446 e. The van der Waals surface area contributed by atoms with E-state index in [0.29, 0.717) is 5.69 Å². The number of anilines is 1. The fraction of sp³-hybridized carbons (Fsp3) is 0.250. The molecule has 14 heavy (non-hydrogen) atoms. The summed E-state index contributed by atoms with van der Waals surface area (Å²) in [5.74, 6) is 0.132. The van der Waals surface area contributed by atoms with Crippen LogP contribution in [0.3, 0.4) is 0 Å². The Morgan fingerprint density at radius 3 is 2.50 bits per heavy atom. The third-order valence-corrected chi connectivity index (χ3v) is 2.20. The summed E-state index contributed by atoms with van der Waals surface area (Å²) in [6.45, 7) is 0. The first-order valence-electron chi connectivity index (χ1n) is 3.61. The number of methoxy groups -OCH3 is 1. The average molecular weight is 223 g/mol. The molecule has 2 N–H and O–H groups in total. The van der Waals surface area contributed by atoms with E-state index in [1.165, 1.54) is 25.3 Å². The van der Waals surface area contributed by atoms with Crippen molar-refractivity contribution >= 4 is 17.4 Å². The number of nitrogen functional groups attached to an aromatic ring is 1. The highest BCUT2D eigenvalue weighted by molar-refractivity contribution is 8.00. The lowest BCUT2D eigenvalue weighted by molar-refractivity contribution is -0.0328. The van der Waals surface area contributed by atoms with Crippen LogP contribution in [0.15, 0.2) is 23.1 Å². The van der Waals surface area contributed by atoms with Crippen LogP contribution in [0.1, 0.15) is 0 Å². The zero-order valence-corrected chi connectivity index (χ0v) is 8.08. The molecule has 0 unspecified atom stereocenters. The van der Waals surface area contributed by atoms with Gasteiger partial charge < -0.3 is 10.5 Å². The lowest BCUT2D eigenvalue weighted by Crippen LogP contribution is -2.00. The smallest absolute Gasteiger partial charge is 0.446 e. The van der Waals surface area contributed by atoms with Crippen LogP contribution in [0.5, 0.6) is 5.75 Å². The summed E-state index contributed by atoms with van der Waals surface area (Å²) in [6.07, 6.45) is 0. The number of ether oxygens (including phenoxy) is 1. The Balaban J connectivity index is 2.97. The lowest BCUT2D eigenvalue weighted by atomic mass is 10.3. The quantitative estimate of drug-likeness (QED) is 0.618. The highest BCUT2D eigenvalue weighted by Gasteiger charge is 2.30. The summed E-state index contributed by atoms with van der Waals surface area (Å²) >= 11 is -0.220. The number of hydrogen-bond acceptors (Lipinski definition) is 3. The van der Waals surface area contributed by atoms with Crippen molar-refractivity contribution in [2.24, 2.45) is 0 Å². The minimum atomic E-state index is -4.32. The lowest BCUT2D eigenvalue weighted by Gasteiger charge is -2.10. The van der Waals surface area contributed by atoms with Gasteiger partial charge in [0.25, 0.3) is 0 Å². The number of benzene rings is 1. The molecular formula is C8H8F3NOS. The number of alkyl halides is 3. The second-order valence-corrected chi connectivity index (χ2v) is 3.56. The van der Waals surface area contributed by atoms with E-state index >= 15 is 0 Å². The molecule has 0 heterocycles. The van der Waals surface area contributed by atoms with Crippen molar-refractivity contribution in [2.75, 3.05) is 12.8 Å². The Kier molecular flexibility index (Phi) is 3.15. The Morgan fingerprint density at radius 2 is 2.00 bits per heavy atom. The van der Waals surface area contributed by atoms with Gasteiger partial charge in [0.2, 0.25) is 0 Å². The summed E-state index contributed by atoms with van der Waals surface area (Å²) in [6, 6.07) is 4.04. The Bertz CT molecular complexity index is 327. The van der Waals surface area contributed by atoms with Crippen molar-refractivity contribution in [3.05, 3.63) is 18.2 Å². The van der Waals surface area contributed by atoms with E-state index < -0.39 is 5.51 Å². The number of halogens is 3. The maximum atomic E-state index is 12.0. The van der Waals surface area contributed by atoms with Gasteiger partial charge in [0, 0.05) is 11.8 Å². The maximum absolute atomic E-state index is 12.0. The molecule has 0 fully saturated rings. The first-order valence-corrected chi connectivity index (χ1v) is 4.43. The molecule has 0 bridgehead atoms. The monoisotopic (exact) mass is 223 g/mol. The predicted molar refractivity (Wildman–Crippen MR) is 49.3 cm³/mol. The molecule has 0 spiro atoms. The van der Waals surface area contributed by atoms with Gasteiger partial charge in [-0.1, -0.05) is 0 Å². The Morgan fingerprint density at radius 1 is 1.36 bits per heavy atom. The van der Waals surface area contributed by atoms with E-state index in [0.717, 1.165) is 0 Å². The molecule has 0 radical (unpaired) electrons. The van der Waals surface area contributed by atoms with Crippen LogP contribution in [0.25, 0.3) is 0 Å². The average Bonchev–Trinajstić information content (AvgIpc) is 2.06. The zero-order valence-electron chi connectivity index (χ0n) is 7.26. The predicted octanol–water partition coefficient (Wildman–Crippen LogP) is 2.89. The highest BCUT2D eigenvalue weighted by Crippen LogP contribution is 2.41. The van der Waals surface area contributed by atoms with Gasteiger partial charge in [0.1, 0.15) is 5.75 Å². The highest BCUT2D eigenvalue weighted by atomic mass is 32.2. The summed E-state index contributed by atoms with van der Waals surface area (Å²) < 4.78 is 40.9. The summed E-state index contributed by atoms with van der Waals surface area (Å²) in [5, 5.41) is 0. The Hall–Kier alpha value is -1.04. The number of rotatable bonds is 2. The molecule has 0 saturated carbocycles. The molecule has 2 nitrogen and oxygen atoms in total. The van der Waals surface area contributed by atoms with Gasteiger partial charge in [0.15, 0.2) is 0 Å². The van der Waals surface area contributed by atoms with Crippen LogP contribution in [0.4, 0.5) is 18.9 Å². The molecule has 0 saturated heterocycles. The van der Waals surface area contributed by atoms with Gasteiger partial charge in [-0.25, -0.2) is 0 Å². The minimum Gasteiger partial charge on any atom is -0.496 e. The van der Waals surface area contributed by atoms with Crippen molar-refractivity contribution in [3.63, 3.8) is 0 Å². The second-order valence-electron chi connectivity index (χ2n) is 2.46. The van der Waals surface area contributed by atoms with Crippen LogP contribution in [0.2, 0.25) is 0 Å². The molecule has 0 aliphatic carbocycles. The molecule has 1 aromatic carbocycles. The topological polar surface area (TPSA) is 35.2 Å².